The molecule has 0 spiro atoms. The molecule has 0 amide bonds. The molecule has 1 saturated carbocycles. The molecule has 36 heavy (non-hydrogen) atoms. The van der Waals surface area contributed by atoms with Gasteiger partial charge in [0.2, 0.25) is 11.8 Å². The van der Waals surface area contributed by atoms with Crippen molar-refractivity contribution in [1.29, 1.82) is 0 Å². The molecule has 4 aromatic heterocycles. The van der Waals surface area contributed by atoms with E-state index in [4.69, 9.17) is 4.74 Å². The van der Waals surface area contributed by atoms with Gasteiger partial charge in [-0.05, 0) is 37.5 Å². The molecular weight excluding hydrogens is 475 g/mol. The maximum Gasteiger partial charge on any atom is 0.423 e. The second kappa shape index (κ2) is 10.1. The van der Waals surface area contributed by atoms with Crippen LogP contribution in [-0.4, -0.2) is 47.3 Å². The molecule has 3 unspecified atom stereocenters. The highest BCUT2D eigenvalue weighted by Gasteiger charge is 2.37. The Morgan fingerprint density at radius 2 is 2.03 bits per heavy atom. The molecule has 9 nitrogen and oxygen atoms in total. The Morgan fingerprint density at radius 1 is 1.14 bits per heavy atom. The van der Waals surface area contributed by atoms with Crippen molar-refractivity contribution in [2.24, 2.45) is 0 Å². The van der Waals surface area contributed by atoms with Crippen molar-refractivity contribution in [1.82, 2.24) is 29.5 Å². The highest BCUT2D eigenvalue weighted by atomic mass is 19.4. The molecule has 3 atom stereocenters. The van der Waals surface area contributed by atoms with Gasteiger partial charge in [0.15, 0.2) is 5.65 Å². The Kier molecular flexibility index (Phi) is 6.68. The minimum Gasteiger partial charge on any atom is -0.474 e. The summed E-state index contributed by atoms with van der Waals surface area (Å²) in [7, 11) is 0. The predicted octanol–water partition coefficient (Wildman–Crippen LogP) is 4.18. The van der Waals surface area contributed by atoms with E-state index in [0.717, 1.165) is 30.7 Å². The molecular formula is C24H24F3N7O2. The summed E-state index contributed by atoms with van der Waals surface area (Å²) in [5.41, 5.74) is 0.0829. The Morgan fingerprint density at radius 3 is 2.83 bits per heavy atom. The average Bonchev–Trinajstić information content (AvgIpc) is 3.32. The van der Waals surface area contributed by atoms with Gasteiger partial charge in [0.05, 0.1) is 0 Å². The lowest BCUT2D eigenvalue weighted by Crippen LogP contribution is -2.28. The number of hydrogen-bond acceptors (Lipinski definition) is 8. The van der Waals surface area contributed by atoms with Crippen molar-refractivity contribution in [3.63, 3.8) is 0 Å². The monoisotopic (exact) mass is 499 g/mol. The second-order valence-electron chi connectivity index (χ2n) is 8.72. The van der Waals surface area contributed by atoms with Crippen LogP contribution in [0.5, 0.6) is 5.88 Å². The molecule has 4 aromatic rings. The van der Waals surface area contributed by atoms with Gasteiger partial charge in [0, 0.05) is 42.3 Å². The highest BCUT2D eigenvalue weighted by Crippen LogP contribution is 2.37. The number of rotatable bonds is 7. The van der Waals surface area contributed by atoms with Crippen molar-refractivity contribution in [2.75, 3.05) is 11.9 Å². The van der Waals surface area contributed by atoms with Crippen molar-refractivity contribution in [3.8, 4) is 5.88 Å². The zero-order valence-electron chi connectivity index (χ0n) is 19.1. The average molecular weight is 499 g/mol. The molecule has 12 heteroatoms. The topological polar surface area (TPSA) is 110 Å². The van der Waals surface area contributed by atoms with Gasteiger partial charge in [-0.2, -0.15) is 18.2 Å². The standard InChI is InChI=1S/C24H24F3N7O2/c25-24(26,27)18-13-29-23(31-22(18)36-14-19(35)16-6-4-9-28-12-16)30-17-7-3-5-15(11-17)21-33-32-20-8-1-2-10-34(20)21/h1-2,4,6,8-10,12-13,15,17,19,35H,3,5,7,11,14H2,(H,29,30,31). The summed E-state index contributed by atoms with van der Waals surface area (Å²) in [4.78, 5) is 11.8. The summed E-state index contributed by atoms with van der Waals surface area (Å²) in [6, 6.07) is 8.86. The largest absolute Gasteiger partial charge is 0.474 e. The molecule has 0 aliphatic heterocycles. The van der Waals surface area contributed by atoms with E-state index in [-0.39, 0.29) is 17.9 Å². The van der Waals surface area contributed by atoms with E-state index in [2.05, 4.69) is 30.5 Å². The number of nitrogens with one attached hydrogen (secondary N) is 1. The third-order valence-electron chi connectivity index (χ3n) is 6.22. The second-order valence-corrected chi connectivity index (χ2v) is 8.72. The number of aromatic nitrogens is 6. The Balaban J connectivity index is 1.31. The van der Waals surface area contributed by atoms with Gasteiger partial charge in [0.25, 0.3) is 0 Å². The quantitative estimate of drug-likeness (QED) is 0.390. The molecule has 0 saturated heterocycles. The fourth-order valence-electron chi connectivity index (χ4n) is 4.44. The maximum atomic E-state index is 13.6. The Labute approximate surface area is 204 Å². The van der Waals surface area contributed by atoms with Gasteiger partial charge >= 0.3 is 6.18 Å². The number of nitrogens with zero attached hydrogens (tertiary/aromatic N) is 6. The molecule has 0 bridgehead atoms. The smallest absolute Gasteiger partial charge is 0.423 e. The lowest BCUT2D eigenvalue weighted by molar-refractivity contribution is -0.139. The van der Waals surface area contributed by atoms with Crippen molar-refractivity contribution < 1.29 is 23.0 Å². The number of alkyl halides is 3. The van der Waals surface area contributed by atoms with Crippen LogP contribution in [0.2, 0.25) is 0 Å². The van der Waals surface area contributed by atoms with Crippen molar-refractivity contribution in [2.45, 2.75) is 49.9 Å². The van der Waals surface area contributed by atoms with Gasteiger partial charge in [0.1, 0.15) is 24.1 Å². The lowest BCUT2D eigenvalue weighted by atomic mass is 9.85. The highest BCUT2D eigenvalue weighted by molar-refractivity contribution is 5.38. The third-order valence-corrected chi connectivity index (χ3v) is 6.22. The lowest BCUT2D eigenvalue weighted by Gasteiger charge is -2.29. The van der Waals surface area contributed by atoms with E-state index in [0.29, 0.717) is 18.2 Å². The number of aliphatic hydroxyl groups excluding tert-OH is 1. The summed E-state index contributed by atoms with van der Waals surface area (Å²) in [6.07, 6.45) is 3.06. The zero-order chi connectivity index (χ0) is 25.1. The normalized spacial score (nSPS) is 19.2. The number of aliphatic hydroxyl groups is 1. The van der Waals surface area contributed by atoms with Gasteiger partial charge in [-0.3, -0.25) is 9.38 Å². The first-order chi connectivity index (χ1) is 17.4. The van der Waals surface area contributed by atoms with Crippen LogP contribution in [0.3, 0.4) is 0 Å². The molecule has 5 rings (SSSR count). The fraction of sp³-hybridized carbons (Fsp3) is 0.375. The fourth-order valence-corrected chi connectivity index (χ4v) is 4.44. The van der Waals surface area contributed by atoms with E-state index in [1.54, 1.807) is 12.1 Å². The molecule has 2 N–H and O–H groups in total. The number of fused-ring (bicyclic) bond motifs is 1. The molecule has 1 aliphatic rings. The number of anilines is 1. The van der Waals surface area contributed by atoms with Gasteiger partial charge < -0.3 is 15.2 Å². The first kappa shape index (κ1) is 23.9. The van der Waals surface area contributed by atoms with Crippen LogP contribution in [0.1, 0.15) is 54.7 Å². The first-order valence-electron chi connectivity index (χ1n) is 11.6. The van der Waals surface area contributed by atoms with E-state index in [1.807, 2.05) is 28.8 Å². The minimum atomic E-state index is -4.71. The van der Waals surface area contributed by atoms with Crippen LogP contribution in [0.4, 0.5) is 19.1 Å². The van der Waals surface area contributed by atoms with Crippen LogP contribution in [0, 0.1) is 0 Å². The molecule has 0 radical (unpaired) electrons. The van der Waals surface area contributed by atoms with E-state index in [9.17, 15) is 18.3 Å². The summed E-state index contributed by atoms with van der Waals surface area (Å²) >= 11 is 0. The van der Waals surface area contributed by atoms with Crippen molar-refractivity contribution in [3.05, 3.63) is 72.1 Å². The Hall–Kier alpha value is -3.80. The SMILES string of the molecule is OC(COc1nc(NC2CCCC(c3nnc4ccccn34)C2)ncc1C(F)(F)F)c1cccnc1. The molecule has 1 aliphatic carbocycles. The summed E-state index contributed by atoms with van der Waals surface area (Å²) in [6.45, 7) is -0.420. The van der Waals surface area contributed by atoms with Crippen LogP contribution >= 0.6 is 0 Å². The predicted molar refractivity (Wildman–Crippen MR) is 123 cm³/mol. The van der Waals surface area contributed by atoms with E-state index < -0.39 is 30.3 Å². The number of ether oxygens (including phenoxy) is 1. The van der Waals surface area contributed by atoms with Crippen molar-refractivity contribution >= 4 is 11.6 Å². The molecule has 0 aromatic carbocycles. The number of pyridine rings is 2. The molecule has 1 fully saturated rings. The maximum absolute atomic E-state index is 13.6. The zero-order valence-corrected chi connectivity index (χ0v) is 19.1. The Bertz CT molecular complexity index is 1320. The minimum absolute atomic E-state index is 0.0330. The van der Waals surface area contributed by atoms with Gasteiger partial charge in [-0.15, -0.1) is 10.2 Å². The summed E-state index contributed by atoms with van der Waals surface area (Å²) in [5.74, 6) is 0.386. The van der Waals surface area contributed by atoms with Gasteiger partial charge in [-0.1, -0.05) is 18.6 Å². The van der Waals surface area contributed by atoms with Gasteiger partial charge in [-0.25, -0.2) is 4.98 Å². The number of halogens is 3. The summed E-state index contributed by atoms with van der Waals surface area (Å²) in [5, 5.41) is 22.0. The van der Waals surface area contributed by atoms with Crippen LogP contribution in [-0.2, 0) is 6.18 Å². The van der Waals surface area contributed by atoms with E-state index >= 15 is 0 Å². The first-order valence-corrected chi connectivity index (χ1v) is 11.6. The molecule has 4 heterocycles. The van der Waals surface area contributed by atoms with Crippen LogP contribution in [0.25, 0.3) is 5.65 Å². The van der Waals surface area contributed by atoms with Crippen LogP contribution < -0.4 is 10.1 Å². The molecule has 188 valence electrons. The summed E-state index contributed by atoms with van der Waals surface area (Å²) < 4.78 is 47.9. The number of hydrogen-bond donors (Lipinski definition) is 2. The van der Waals surface area contributed by atoms with E-state index in [1.165, 1.54) is 12.4 Å². The van der Waals surface area contributed by atoms with Crippen LogP contribution in [0.15, 0.2) is 55.1 Å². The third kappa shape index (κ3) is 5.23.